The van der Waals surface area contributed by atoms with E-state index in [0.29, 0.717) is 32.2 Å². The largest absolute Gasteiger partial charge is 0.330 e. The summed E-state index contributed by atoms with van der Waals surface area (Å²) in [5, 5.41) is 1.36. The Morgan fingerprint density at radius 2 is 1.57 bits per heavy atom. The predicted molar refractivity (Wildman–Crippen MR) is 114 cm³/mol. The van der Waals surface area contributed by atoms with Crippen LogP contribution in [0.3, 0.4) is 0 Å². The highest BCUT2D eigenvalue weighted by Crippen LogP contribution is 2.36. The molecule has 0 unspecified atom stereocenters. The van der Waals surface area contributed by atoms with Gasteiger partial charge in [0.15, 0.2) is 0 Å². The van der Waals surface area contributed by atoms with Crippen LogP contribution in [0.5, 0.6) is 0 Å². The Kier molecular flexibility index (Phi) is 4.44. The van der Waals surface area contributed by atoms with E-state index in [9.17, 15) is 9.59 Å². The normalized spacial score (nSPS) is 11.3. The zero-order valence-corrected chi connectivity index (χ0v) is 17.0. The van der Waals surface area contributed by atoms with Gasteiger partial charge in [-0.1, -0.05) is 40.9 Å². The summed E-state index contributed by atoms with van der Waals surface area (Å²) in [6.07, 6.45) is 1.79. The Bertz CT molecular complexity index is 1350. The summed E-state index contributed by atoms with van der Waals surface area (Å²) in [7, 11) is 3.12. The third kappa shape index (κ3) is 2.79. The number of fused-ring (bicyclic) bond motifs is 1. The average Bonchev–Trinajstić information content (AvgIpc) is 3.06. The van der Waals surface area contributed by atoms with Crippen LogP contribution in [0.1, 0.15) is 5.56 Å². The number of hydrogen-bond acceptors (Lipinski definition) is 2. The van der Waals surface area contributed by atoms with E-state index in [4.69, 9.17) is 23.2 Å². The highest BCUT2D eigenvalue weighted by atomic mass is 35.5. The van der Waals surface area contributed by atoms with Gasteiger partial charge in [-0.15, -0.1) is 0 Å². The van der Waals surface area contributed by atoms with E-state index in [1.807, 2.05) is 35.8 Å². The second-order valence-corrected chi connectivity index (χ2v) is 7.62. The molecule has 0 aliphatic rings. The summed E-state index contributed by atoms with van der Waals surface area (Å²) in [5.74, 6) is 0. The second kappa shape index (κ2) is 6.69. The fourth-order valence-electron chi connectivity index (χ4n) is 3.40. The van der Waals surface area contributed by atoms with E-state index in [1.54, 1.807) is 31.4 Å². The number of rotatable bonds is 2. The maximum Gasteiger partial charge on any atom is 0.330 e. The molecule has 0 spiro atoms. The number of aryl methyl sites for hydroxylation is 2. The molecule has 142 valence electrons. The maximum atomic E-state index is 13.0. The number of aromatic nitrogens is 3. The molecule has 4 rings (SSSR count). The molecule has 2 aromatic carbocycles. The Morgan fingerprint density at radius 1 is 0.893 bits per heavy atom. The summed E-state index contributed by atoms with van der Waals surface area (Å²) in [6, 6.07) is 13.1. The second-order valence-electron chi connectivity index (χ2n) is 6.77. The molecule has 0 N–H and O–H groups in total. The first-order chi connectivity index (χ1) is 13.3. The lowest BCUT2D eigenvalue weighted by Crippen LogP contribution is -2.36. The first kappa shape index (κ1) is 18.6. The Balaban J connectivity index is 2.22. The molecule has 5 nitrogen and oxygen atoms in total. The molecule has 0 fully saturated rings. The van der Waals surface area contributed by atoms with E-state index in [1.165, 1.54) is 11.6 Å². The highest BCUT2D eigenvalue weighted by Gasteiger charge is 2.21. The monoisotopic (exact) mass is 413 g/mol. The van der Waals surface area contributed by atoms with Crippen molar-refractivity contribution in [3.05, 3.63) is 85.1 Å². The van der Waals surface area contributed by atoms with Gasteiger partial charge in [0.05, 0.1) is 21.6 Å². The summed E-state index contributed by atoms with van der Waals surface area (Å²) >= 11 is 12.6. The molecule has 2 heterocycles. The van der Waals surface area contributed by atoms with Gasteiger partial charge in [-0.25, -0.2) is 4.79 Å². The van der Waals surface area contributed by atoms with Crippen LogP contribution in [0.4, 0.5) is 0 Å². The average molecular weight is 414 g/mol. The fraction of sp³-hybridized carbons (Fsp3) is 0.143. The lowest BCUT2D eigenvalue weighted by Gasteiger charge is -2.12. The van der Waals surface area contributed by atoms with Gasteiger partial charge in [0, 0.05) is 36.6 Å². The molecule has 0 aliphatic carbocycles. The van der Waals surface area contributed by atoms with Crippen LogP contribution < -0.4 is 11.2 Å². The van der Waals surface area contributed by atoms with E-state index < -0.39 is 0 Å². The smallest absolute Gasteiger partial charge is 0.314 e. The number of halogens is 2. The van der Waals surface area contributed by atoms with Gasteiger partial charge in [-0.3, -0.25) is 13.9 Å². The Labute approximate surface area is 171 Å². The lowest BCUT2D eigenvalue weighted by molar-refractivity contribution is 0.714. The molecule has 0 radical (unpaired) electrons. The van der Waals surface area contributed by atoms with Crippen molar-refractivity contribution in [1.82, 2.24) is 13.7 Å². The van der Waals surface area contributed by atoms with E-state index in [2.05, 4.69) is 0 Å². The van der Waals surface area contributed by atoms with Gasteiger partial charge in [-0.2, -0.15) is 0 Å². The highest BCUT2D eigenvalue weighted by molar-refractivity contribution is 6.36. The van der Waals surface area contributed by atoms with Crippen molar-refractivity contribution < 1.29 is 0 Å². The maximum absolute atomic E-state index is 13.0. The molecule has 28 heavy (non-hydrogen) atoms. The summed E-state index contributed by atoms with van der Waals surface area (Å²) in [5.41, 5.74) is 3.05. The minimum Gasteiger partial charge on any atom is -0.314 e. The van der Waals surface area contributed by atoms with Crippen LogP contribution in [0, 0.1) is 6.92 Å². The van der Waals surface area contributed by atoms with Gasteiger partial charge in [0.1, 0.15) is 0 Å². The molecule has 7 heteroatoms. The van der Waals surface area contributed by atoms with E-state index >= 15 is 0 Å². The fourth-order valence-corrected chi connectivity index (χ4v) is 3.89. The minimum atomic E-state index is -0.382. The van der Waals surface area contributed by atoms with Crippen molar-refractivity contribution in [2.24, 2.45) is 14.1 Å². The van der Waals surface area contributed by atoms with Gasteiger partial charge >= 0.3 is 5.69 Å². The van der Waals surface area contributed by atoms with Crippen LogP contribution in [-0.4, -0.2) is 13.7 Å². The third-order valence-electron chi connectivity index (χ3n) is 4.94. The number of benzene rings is 2. The van der Waals surface area contributed by atoms with Crippen molar-refractivity contribution in [1.29, 1.82) is 0 Å². The van der Waals surface area contributed by atoms with Crippen molar-refractivity contribution in [3.63, 3.8) is 0 Å². The molecule has 0 amide bonds. The minimum absolute atomic E-state index is 0.370. The van der Waals surface area contributed by atoms with E-state index in [-0.39, 0.29) is 11.2 Å². The molecule has 0 aliphatic heterocycles. The van der Waals surface area contributed by atoms with Crippen molar-refractivity contribution >= 4 is 34.1 Å². The molecular formula is C21H17Cl2N3O2. The quantitative estimate of drug-likeness (QED) is 0.491. The molecule has 0 saturated carbocycles. The van der Waals surface area contributed by atoms with Crippen molar-refractivity contribution in [2.75, 3.05) is 0 Å². The Hall–Kier alpha value is -2.76. The zero-order valence-electron chi connectivity index (χ0n) is 15.5. The topological polar surface area (TPSA) is 48.9 Å². The van der Waals surface area contributed by atoms with Gasteiger partial charge < -0.3 is 4.57 Å². The van der Waals surface area contributed by atoms with Crippen LogP contribution >= 0.6 is 23.2 Å². The van der Waals surface area contributed by atoms with E-state index in [0.717, 1.165) is 15.8 Å². The van der Waals surface area contributed by atoms with Crippen LogP contribution in [-0.2, 0) is 14.1 Å². The van der Waals surface area contributed by atoms with Gasteiger partial charge in [0.25, 0.3) is 5.56 Å². The third-order valence-corrected chi connectivity index (χ3v) is 5.49. The molecule has 0 bridgehead atoms. The molecular weight excluding hydrogens is 397 g/mol. The molecule has 0 atom stereocenters. The van der Waals surface area contributed by atoms with Gasteiger partial charge in [0.2, 0.25) is 0 Å². The summed E-state index contributed by atoms with van der Waals surface area (Å²) in [4.78, 5) is 25.5. The van der Waals surface area contributed by atoms with Crippen LogP contribution in [0.15, 0.2) is 58.3 Å². The van der Waals surface area contributed by atoms with Crippen molar-refractivity contribution in [3.8, 4) is 16.9 Å². The molecule has 4 aromatic rings. The summed E-state index contributed by atoms with van der Waals surface area (Å²) in [6.45, 7) is 2.01. The molecule has 0 saturated heterocycles. The number of hydrogen-bond donors (Lipinski definition) is 0. The SMILES string of the molecule is Cc1ccc(-n2cc3c(c2-c2ccc(Cl)cc2Cl)c(=O)n(C)c(=O)n3C)cc1. The number of nitrogens with zero attached hydrogens (tertiary/aromatic N) is 3. The first-order valence-electron chi connectivity index (χ1n) is 8.63. The van der Waals surface area contributed by atoms with Gasteiger partial charge in [-0.05, 0) is 37.3 Å². The van der Waals surface area contributed by atoms with Crippen LogP contribution in [0.25, 0.3) is 27.8 Å². The summed E-state index contributed by atoms with van der Waals surface area (Å²) < 4.78 is 4.46. The zero-order chi connectivity index (χ0) is 20.2. The standard InChI is InChI=1S/C21H17Cl2N3O2/c1-12-4-7-14(8-5-12)26-11-17-18(20(27)25(3)21(28)24(17)2)19(26)15-9-6-13(22)10-16(15)23/h4-11H,1-3H3. The van der Waals surface area contributed by atoms with Crippen LogP contribution in [0.2, 0.25) is 10.0 Å². The Morgan fingerprint density at radius 3 is 2.21 bits per heavy atom. The first-order valence-corrected chi connectivity index (χ1v) is 9.38. The predicted octanol–water partition coefficient (Wildman–Crippen LogP) is 4.31. The molecule has 2 aromatic heterocycles. The van der Waals surface area contributed by atoms with Crippen molar-refractivity contribution in [2.45, 2.75) is 6.92 Å². The lowest BCUT2D eigenvalue weighted by atomic mass is 10.1.